The second-order valence-electron chi connectivity index (χ2n) is 2.87. The summed E-state index contributed by atoms with van der Waals surface area (Å²) in [6.07, 6.45) is 10.7. The van der Waals surface area contributed by atoms with Gasteiger partial charge in [-0.15, -0.1) is 0 Å². The molecule has 1 rings (SSSR count). The van der Waals surface area contributed by atoms with E-state index in [-0.39, 0.29) is 12.5 Å². The molecule has 14 heavy (non-hydrogen) atoms. The highest BCUT2D eigenvalue weighted by atomic mass is 16.5. The maximum absolute atomic E-state index is 11.0. The number of carbonyl (C=O) groups excluding carboxylic acids is 1. The van der Waals surface area contributed by atoms with Gasteiger partial charge in [0, 0.05) is 12.1 Å². The summed E-state index contributed by atoms with van der Waals surface area (Å²) in [5, 5.41) is 3.03. The average molecular weight is 193 g/mol. The van der Waals surface area contributed by atoms with Crippen LogP contribution in [0.3, 0.4) is 0 Å². The summed E-state index contributed by atoms with van der Waals surface area (Å²) in [6.45, 7) is 2.47. The number of allylic oxidation sites excluding steroid dienone is 5. The van der Waals surface area contributed by atoms with Gasteiger partial charge in [0.2, 0.25) is 0 Å². The van der Waals surface area contributed by atoms with Gasteiger partial charge in [-0.25, -0.2) is 0 Å². The smallest absolute Gasteiger partial charge is 0.325 e. The molecule has 0 aromatic rings. The molecule has 3 heteroatoms. The summed E-state index contributed by atoms with van der Waals surface area (Å²) in [6, 6.07) is 0. The highest BCUT2D eigenvalue weighted by Gasteiger charge is 2.01. The zero-order valence-corrected chi connectivity index (χ0v) is 8.32. The first-order valence-corrected chi connectivity index (χ1v) is 4.74. The number of ether oxygens (including phenoxy) is 1. The molecular weight excluding hydrogens is 178 g/mol. The fraction of sp³-hybridized carbons (Fsp3) is 0.364. The number of rotatable bonds is 4. The van der Waals surface area contributed by atoms with Crippen molar-refractivity contribution < 1.29 is 9.53 Å². The normalized spacial score (nSPS) is 14.5. The lowest BCUT2D eigenvalue weighted by Gasteiger charge is -2.07. The quantitative estimate of drug-likeness (QED) is 0.688. The summed E-state index contributed by atoms with van der Waals surface area (Å²) in [5.41, 5.74) is 1.03. The van der Waals surface area contributed by atoms with Gasteiger partial charge in [0.25, 0.3) is 0 Å². The third-order valence-corrected chi connectivity index (χ3v) is 1.76. The predicted molar refractivity (Wildman–Crippen MR) is 55.6 cm³/mol. The Kier molecular flexibility index (Phi) is 4.55. The zero-order valence-electron chi connectivity index (χ0n) is 8.32. The minimum Gasteiger partial charge on any atom is -0.465 e. The first-order chi connectivity index (χ1) is 6.83. The molecule has 1 aliphatic rings. The van der Waals surface area contributed by atoms with Gasteiger partial charge in [0.1, 0.15) is 6.54 Å². The topological polar surface area (TPSA) is 38.3 Å². The van der Waals surface area contributed by atoms with E-state index in [1.54, 1.807) is 6.92 Å². The maximum atomic E-state index is 11.0. The molecule has 0 amide bonds. The van der Waals surface area contributed by atoms with Crippen molar-refractivity contribution in [3.05, 3.63) is 36.1 Å². The van der Waals surface area contributed by atoms with Gasteiger partial charge in [-0.3, -0.25) is 4.79 Å². The Labute approximate surface area is 84.1 Å². The largest absolute Gasteiger partial charge is 0.465 e. The van der Waals surface area contributed by atoms with Crippen LogP contribution in [0.15, 0.2) is 36.1 Å². The van der Waals surface area contributed by atoms with Crippen molar-refractivity contribution in [2.24, 2.45) is 0 Å². The Morgan fingerprint density at radius 2 is 2.36 bits per heavy atom. The van der Waals surface area contributed by atoms with Gasteiger partial charge >= 0.3 is 5.97 Å². The van der Waals surface area contributed by atoms with Crippen molar-refractivity contribution in [1.82, 2.24) is 5.32 Å². The minimum absolute atomic E-state index is 0.217. The first kappa shape index (κ1) is 10.6. The molecule has 0 bridgehead atoms. The van der Waals surface area contributed by atoms with E-state index < -0.39 is 0 Å². The van der Waals surface area contributed by atoms with Crippen LogP contribution in [-0.2, 0) is 9.53 Å². The highest BCUT2D eigenvalue weighted by Crippen LogP contribution is 2.02. The van der Waals surface area contributed by atoms with Crippen LogP contribution >= 0.6 is 0 Å². The molecule has 0 aromatic heterocycles. The Morgan fingerprint density at radius 1 is 1.50 bits per heavy atom. The number of esters is 1. The van der Waals surface area contributed by atoms with E-state index in [0.29, 0.717) is 6.61 Å². The fourth-order valence-electron chi connectivity index (χ4n) is 1.11. The Morgan fingerprint density at radius 3 is 3.14 bits per heavy atom. The van der Waals surface area contributed by atoms with Gasteiger partial charge in [-0.1, -0.05) is 24.3 Å². The van der Waals surface area contributed by atoms with Crippen molar-refractivity contribution in [3.8, 4) is 0 Å². The van der Waals surface area contributed by atoms with E-state index in [9.17, 15) is 4.79 Å². The lowest BCUT2D eigenvalue weighted by atomic mass is 10.3. The van der Waals surface area contributed by atoms with Crippen molar-refractivity contribution in [2.75, 3.05) is 13.2 Å². The van der Waals surface area contributed by atoms with Crippen LogP contribution in [0.5, 0.6) is 0 Å². The Balaban J connectivity index is 2.30. The molecule has 0 fully saturated rings. The molecule has 1 aliphatic carbocycles. The standard InChI is InChI=1S/C11H15NO2/c1-2-14-11(13)9-12-10-7-5-3-4-6-8-10/h3-7,12H,2,8-9H2,1H3. The van der Waals surface area contributed by atoms with Gasteiger partial charge in [0.05, 0.1) is 6.61 Å². The summed E-state index contributed by atoms with van der Waals surface area (Å²) < 4.78 is 4.80. The molecule has 0 radical (unpaired) electrons. The summed E-state index contributed by atoms with van der Waals surface area (Å²) in [4.78, 5) is 11.0. The van der Waals surface area contributed by atoms with Crippen molar-refractivity contribution in [3.63, 3.8) is 0 Å². The minimum atomic E-state index is -0.217. The molecule has 0 saturated carbocycles. The maximum Gasteiger partial charge on any atom is 0.325 e. The predicted octanol–water partition coefficient (Wildman–Crippen LogP) is 1.54. The van der Waals surface area contributed by atoms with E-state index >= 15 is 0 Å². The summed E-state index contributed by atoms with van der Waals surface area (Å²) in [5.74, 6) is -0.217. The molecule has 0 spiro atoms. The Bertz CT molecular complexity index is 277. The van der Waals surface area contributed by atoms with Crippen LogP contribution in [0.2, 0.25) is 0 Å². The third kappa shape index (κ3) is 3.94. The van der Waals surface area contributed by atoms with Crippen LogP contribution < -0.4 is 5.32 Å². The zero-order chi connectivity index (χ0) is 10.2. The monoisotopic (exact) mass is 193 g/mol. The second-order valence-corrected chi connectivity index (χ2v) is 2.87. The number of carbonyl (C=O) groups is 1. The third-order valence-electron chi connectivity index (χ3n) is 1.76. The molecule has 0 aromatic carbocycles. The molecule has 3 nitrogen and oxygen atoms in total. The fourth-order valence-corrected chi connectivity index (χ4v) is 1.11. The molecule has 76 valence electrons. The highest BCUT2D eigenvalue weighted by molar-refractivity contribution is 5.71. The number of hydrogen-bond donors (Lipinski definition) is 1. The van der Waals surface area contributed by atoms with E-state index in [1.165, 1.54) is 0 Å². The second kappa shape index (κ2) is 6.02. The van der Waals surface area contributed by atoms with E-state index in [1.807, 2.05) is 30.4 Å². The van der Waals surface area contributed by atoms with Crippen LogP contribution in [0, 0.1) is 0 Å². The first-order valence-electron chi connectivity index (χ1n) is 4.74. The molecule has 0 saturated heterocycles. The lowest BCUT2D eigenvalue weighted by molar-refractivity contribution is -0.141. The molecule has 0 unspecified atom stereocenters. The summed E-state index contributed by atoms with van der Waals surface area (Å²) >= 11 is 0. The SMILES string of the molecule is CCOC(=O)CNC1=CC=CC=CC1. The molecular formula is C11H15NO2. The van der Waals surface area contributed by atoms with E-state index in [4.69, 9.17) is 4.74 Å². The summed E-state index contributed by atoms with van der Waals surface area (Å²) in [7, 11) is 0. The van der Waals surface area contributed by atoms with Gasteiger partial charge in [0.15, 0.2) is 0 Å². The Hall–Kier alpha value is -1.51. The van der Waals surface area contributed by atoms with Crippen molar-refractivity contribution >= 4 is 5.97 Å². The number of nitrogens with one attached hydrogen (secondary N) is 1. The van der Waals surface area contributed by atoms with Gasteiger partial charge in [-0.05, 0) is 13.0 Å². The van der Waals surface area contributed by atoms with Crippen LogP contribution in [-0.4, -0.2) is 19.1 Å². The van der Waals surface area contributed by atoms with Crippen molar-refractivity contribution in [2.45, 2.75) is 13.3 Å². The van der Waals surface area contributed by atoms with Crippen molar-refractivity contribution in [1.29, 1.82) is 0 Å². The van der Waals surface area contributed by atoms with Crippen LogP contribution in [0.1, 0.15) is 13.3 Å². The van der Waals surface area contributed by atoms with E-state index in [2.05, 4.69) is 5.32 Å². The average Bonchev–Trinajstić information content (AvgIpc) is 2.43. The molecule has 1 N–H and O–H groups in total. The van der Waals surface area contributed by atoms with Crippen LogP contribution in [0.25, 0.3) is 0 Å². The van der Waals surface area contributed by atoms with Gasteiger partial charge in [-0.2, -0.15) is 0 Å². The molecule has 0 atom stereocenters. The number of hydrogen-bond acceptors (Lipinski definition) is 3. The molecule has 0 heterocycles. The lowest BCUT2D eigenvalue weighted by Crippen LogP contribution is -2.24. The van der Waals surface area contributed by atoms with Gasteiger partial charge < -0.3 is 10.1 Å². The van der Waals surface area contributed by atoms with E-state index in [0.717, 1.165) is 12.1 Å². The molecule has 0 aliphatic heterocycles. The van der Waals surface area contributed by atoms with Crippen LogP contribution in [0.4, 0.5) is 0 Å².